The van der Waals surface area contributed by atoms with Crippen molar-refractivity contribution < 1.29 is 14.3 Å². The molecule has 1 atom stereocenters. The van der Waals surface area contributed by atoms with E-state index in [2.05, 4.69) is 29.6 Å². The van der Waals surface area contributed by atoms with E-state index in [4.69, 9.17) is 4.74 Å². The first-order chi connectivity index (χ1) is 17.5. The van der Waals surface area contributed by atoms with E-state index in [0.29, 0.717) is 6.54 Å². The minimum Gasteiger partial charge on any atom is -0.497 e. The summed E-state index contributed by atoms with van der Waals surface area (Å²) in [5, 5.41) is 3.18. The Hall–Kier alpha value is -3.60. The van der Waals surface area contributed by atoms with Crippen molar-refractivity contribution in [1.82, 2.24) is 10.2 Å². The van der Waals surface area contributed by atoms with Crippen LogP contribution in [0.1, 0.15) is 61.6 Å². The Balaban J connectivity index is 1.60. The molecule has 0 aliphatic heterocycles. The molecule has 1 fully saturated rings. The molecule has 0 unspecified atom stereocenters. The molecular formula is C31H36N2O3. The lowest BCUT2D eigenvalue weighted by atomic mass is 9.88. The Morgan fingerprint density at radius 2 is 1.53 bits per heavy atom. The highest BCUT2D eigenvalue weighted by molar-refractivity contribution is 5.88. The first kappa shape index (κ1) is 25.5. The molecule has 188 valence electrons. The van der Waals surface area contributed by atoms with Gasteiger partial charge in [-0.25, -0.2) is 0 Å². The van der Waals surface area contributed by atoms with Crippen LogP contribution in [0.15, 0.2) is 84.9 Å². The molecule has 1 N–H and O–H groups in total. The summed E-state index contributed by atoms with van der Waals surface area (Å²) in [7, 11) is 1.63. The van der Waals surface area contributed by atoms with Gasteiger partial charge in [0.15, 0.2) is 0 Å². The molecule has 5 nitrogen and oxygen atoms in total. The summed E-state index contributed by atoms with van der Waals surface area (Å²) in [6, 6.07) is 27.5. The molecule has 5 heteroatoms. The molecule has 1 aliphatic carbocycles. The Labute approximate surface area is 214 Å². The summed E-state index contributed by atoms with van der Waals surface area (Å²) in [5.74, 6) is 0.492. The van der Waals surface area contributed by atoms with E-state index in [9.17, 15) is 9.59 Å². The molecule has 0 aromatic heterocycles. The van der Waals surface area contributed by atoms with E-state index in [1.807, 2.05) is 67.6 Å². The van der Waals surface area contributed by atoms with Crippen LogP contribution in [0.3, 0.4) is 0 Å². The van der Waals surface area contributed by atoms with Crippen molar-refractivity contribution >= 4 is 11.8 Å². The molecule has 0 spiro atoms. The van der Waals surface area contributed by atoms with Gasteiger partial charge in [-0.1, -0.05) is 85.6 Å². The van der Waals surface area contributed by atoms with Gasteiger partial charge in [0, 0.05) is 24.9 Å². The van der Waals surface area contributed by atoms with E-state index in [-0.39, 0.29) is 30.2 Å². The van der Waals surface area contributed by atoms with Crippen LogP contribution in [0.4, 0.5) is 0 Å². The number of methoxy groups -OCH3 is 1. The standard InChI is InChI=1S/C31H36N2O3/c1-23(31(35)32-27-17-9-10-18-27)33(22-24-12-11-19-28(20-24)36-2)30(34)21-29(25-13-5-3-6-14-25)26-15-7-4-8-16-26/h3-8,11-16,19-20,23,27,29H,9-10,17-18,21-22H2,1-2H3,(H,32,35)/t23-/m0/s1. The molecule has 0 bridgehead atoms. The zero-order valence-corrected chi connectivity index (χ0v) is 21.2. The predicted octanol–water partition coefficient (Wildman–Crippen LogP) is 5.69. The molecule has 0 saturated heterocycles. The molecule has 1 saturated carbocycles. The van der Waals surface area contributed by atoms with Gasteiger partial charge < -0.3 is 15.0 Å². The van der Waals surface area contributed by atoms with Crippen LogP contribution in [0.5, 0.6) is 5.75 Å². The van der Waals surface area contributed by atoms with Crippen molar-refractivity contribution in [3.63, 3.8) is 0 Å². The van der Waals surface area contributed by atoms with Gasteiger partial charge in [0.1, 0.15) is 11.8 Å². The van der Waals surface area contributed by atoms with Gasteiger partial charge in [0.2, 0.25) is 11.8 Å². The summed E-state index contributed by atoms with van der Waals surface area (Å²) in [5.41, 5.74) is 3.10. The third-order valence-electron chi connectivity index (χ3n) is 7.14. The van der Waals surface area contributed by atoms with Crippen molar-refractivity contribution in [1.29, 1.82) is 0 Å². The zero-order valence-electron chi connectivity index (χ0n) is 21.2. The first-order valence-corrected chi connectivity index (χ1v) is 12.9. The van der Waals surface area contributed by atoms with Crippen LogP contribution in [0.25, 0.3) is 0 Å². The second kappa shape index (κ2) is 12.4. The fraction of sp³-hybridized carbons (Fsp3) is 0.355. The molecule has 0 heterocycles. The number of rotatable bonds is 10. The average Bonchev–Trinajstić information content (AvgIpc) is 3.44. The van der Waals surface area contributed by atoms with E-state index in [1.54, 1.807) is 12.0 Å². The van der Waals surface area contributed by atoms with Crippen LogP contribution >= 0.6 is 0 Å². The normalized spacial score (nSPS) is 14.4. The quantitative estimate of drug-likeness (QED) is 0.402. The number of amides is 2. The number of nitrogens with zero attached hydrogens (tertiary/aromatic N) is 1. The number of carbonyl (C=O) groups excluding carboxylic acids is 2. The number of hydrogen-bond donors (Lipinski definition) is 1. The number of ether oxygens (including phenoxy) is 1. The van der Waals surface area contributed by atoms with Gasteiger partial charge in [-0.3, -0.25) is 9.59 Å². The van der Waals surface area contributed by atoms with Gasteiger partial charge in [-0.15, -0.1) is 0 Å². The maximum Gasteiger partial charge on any atom is 0.242 e. The second-order valence-corrected chi connectivity index (χ2v) is 9.62. The van der Waals surface area contributed by atoms with Crippen molar-refractivity contribution in [2.24, 2.45) is 0 Å². The van der Waals surface area contributed by atoms with E-state index < -0.39 is 6.04 Å². The number of hydrogen-bond acceptors (Lipinski definition) is 3. The Morgan fingerprint density at radius 3 is 2.11 bits per heavy atom. The molecule has 3 aromatic carbocycles. The summed E-state index contributed by atoms with van der Waals surface area (Å²) >= 11 is 0. The number of benzene rings is 3. The summed E-state index contributed by atoms with van der Waals surface area (Å²) < 4.78 is 5.39. The Morgan fingerprint density at radius 1 is 0.917 bits per heavy atom. The average molecular weight is 485 g/mol. The number of nitrogens with one attached hydrogen (secondary N) is 1. The molecule has 0 radical (unpaired) electrons. The van der Waals surface area contributed by atoms with Crippen LogP contribution in [-0.2, 0) is 16.1 Å². The van der Waals surface area contributed by atoms with Crippen molar-refractivity contribution in [3.05, 3.63) is 102 Å². The Bertz CT molecular complexity index is 1090. The van der Waals surface area contributed by atoms with E-state index in [0.717, 1.165) is 48.1 Å². The summed E-state index contributed by atoms with van der Waals surface area (Å²) in [6.45, 7) is 2.17. The maximum atomic E-state index is 14.0. The van der Waals surface area contributed by atoms with Gasteiger partial charge >= 0.3 is 0 Å². The van der Waals surface area contributed by atoms with Crippen LogP contribution in [-0.4, -0.2) is 35.9 Å². The van der Waals surface area contributed by atoms with Gasteiger partial charge in [0.05, 0.1) is 7.11 Å². The second-order valence-electron chi connectivity index (χ2n) is 9.62. The lowest BCUT2D eigenvalue weighted by molar-refractivity contribution is -0.141. The SMILES string of the molecule is COc1cccc(CN(C(=O)CC(c2ccccc2)c2ccccc2)[C@@H](C)C(=O)NC2CCCC2)c1. The van der Waals surface area contributed by atoms with Crippen LogP contribution in [0, 0.1) is 0 Å². The molecular weight excluding hydrogens is 448 g/mol. The molecule has 36 heavy (non-hydrogen) atoms. The third kappa shape index (κ3) is 6.54. The maximum absolute atomic E-state index is 14.0. The minimum atomic E-state index is -0.587. The monoisotopic (exact) mass is 484 g/mol. The highest BCUT2D eigenvalue weighted by Gasteiger charge is 2.30. The lowest BCUT2D eigenvalue weighted by Gasteiger charge is -2.31. The van der Waals surface area contributed by atoms with Gasteiger partial charge in [0.25, 0.3) is 0 Å². The summed E-state index contributed by atoms with van der Waals surface area (Å²) in [6.07, 6.45) is 4.57. The fourth-order valence-electron chi connectivity index (χ4n) is 5.03. The van der Waals surface area contributed by atoms with E-state index >= 15 is 0 Å². The van der Waals surface area contributed by atoms with Crippen LogP contribution < -0.4 is 10.1 Å². The molecule has 3 aromatic rings. The highest BCUT2D eigenvalue weighted by Crippen LogP contribution is 2.30. The van der Waals surface area contributed by atoms with Gasteiger partial charge in [-0.05, 0) is 48.6 Å². The fourth-order valence-corrected chi connectivity index (χ4v) is 5.03. The third-order valence-corrected chi connectivity index (χ3v) is 7.14. The van der Waals surface area contributed by atoms with Crippen molar-refractivity contribution in [2.75, 3.05) is 7.11 Å². The van der Waals surface area contributed by atoms with Crippen molar-refractivity contribution in [3.8, 4) is 5.75 Å². The minimum absolute atomic E-state index is 0.0513. The van der Waals surface area contributed by atoms with Crippen LogP contribution in [0.2, 0.25) is 0 Å². The van der Waals surface area contributed by atoms with Gasteiger partial charge in [-0.2, -0.15) is 0 Å². The smallest absolute Gasteiger partial charge is 0.242 e. The molecule has 1 aliphatic rings. The highest BCUT2D eigenvalue weighted by atomic mass is 16.5. The zero-order chi connectivity index (χ0) is 25.3. The number of carbonyl (C=O) groups is 2. The molecule has 2 amide bonds. The van der Waals surface area contributed by atoms with E-state index in [1.165, 1.54) is 0 Å². The van der Waals surface area contributed by atoms with Crippen molar-refractivity contribution in [2.45, 2.75) is 63.6 Å². The lowest BCUT2D eigenvalue weighted by Crippen LogP contribution is -2.49. The topological polar surface area (TPSA) is 58.6 Å². The Kier molecular flexibility index (Phi) is 8.77. The summed E-state index contributed by atoms with van der Waals surface area (Å²) in [4.78, 5) is 28.9. The first-order valence-electron chi connectivity index (χ1n) is 12.9. The predicted molar refractivity (Wildman–Crippen MR) is 143 cm³/mol. The molecule has 4 rings (SSSR count). The largest absolute Gasteiger partial charge is 0.497 e.